The zero-order valence-corrected chi connectivity index (χ0v) is 12.5. The minimum absolute atomic E-state index is 0. The molecule has 1 aliphatic carbocycles. The van der Waals surface area contributed by atoms with E-state index in [-0.39, 0.29) is 24.1 Å². The summed E-state index contributed by atoms with van der Waals surface area (Å²) in [7, 11) is 1.42. The Bertz CT molecular complexity index is 424. The van der Waals surface area contributed by atoms with Crippen molar-refractivity contribution in [3.8, 4) is 5.75 Å². The third-order valence-electron chi connectivity index (χ3n) is 4.07. The predicted octanol–water partition coefficient (Wildman–Crippen LogP) is 3.20. The number of hydrogen-bond acceptors (Lipinski definition) is 3. The quantitative estimate of drug-likeness (QED) is 0.898. The minimum atomic E-state index is -0.696. The topological polar surface area (TPSA) is 55.5 Å². The van der Waals surface area contributed by atoms with Gasteiger partial charge in [-0.1, -0.05) is 31.4 Å². The highest BCUT2D eigenvalue weighted by Crippen LogP contribution is 2.33. The first-order valence-corrected chi connectivity index (χ1v) is 6.91. The molecule has 0 aliphatic heterocycles. The molecule has 3 nitrogen and oxygen atoms in total. The zero-order chi connectivity index (χ0) is 13.8. The fourth-order valence-corrected chi connectivity index (χ4v) is 2.90. The van der Waals surface area contributed by atoms with Crippen LogP contribution in [0, 0.1) is 11.7 Å². The molecule has 1 aromatic rings. The molecular weight excluding hydrogens is 281 g/mol. The first kappa shape index (κ1) is 17.2. The van der Waals surface area contributed by atoms with Crippen LogP contribution in [0.1, 0.15) is 43.7 Å². The smallest absolute Gasteiger partial charge is 0.169 e. The van der Waals surface area contributed by atoms with E-state index in [1.165, 1.54) is 13.5 Å². The van der Waals surface area contributed by atoms with E-state index in [1.54, 1.807) is 18.2 Å². The van der Waals surface area contributed by atoms with E-state index in [0.29, 0.717) is 5.56 Å². The molecule has 0 radical (unpaired) electrons. The molecule has 1 aliphatic rings. The zero-order valence-electron chi connectivity index (χ0n) is 11.7. The third kappa shape index (κ3) is 3.62. The Kier molecular flexibility index (Phi) is 6.72. The molecule has 1 aromatic carbocycles. The van der Waals surface area contributed by atoms with Gasteiger partial charge in [0.1, 0.15) is 0 Å². The van der Waals surface area contributed by atoms with Gasteiger partial charge in [-0.25, -0.2) is 4.39 Å². The second-order valence-electron chi connectivity index (χ2n) is 5.28. The molecule has 0 aromatic heterocycles. The van der Waals surface area contributed by atoms with Gasteiger partial charge in [0.25, 0.3) is 0 Å². The molecule has 0 bridgehead atoms. The number of nitrogens with two attached hydrogens (primary N) is 1. The van der Waals surface area contributed by atoms with E-state index in [2.05, 4.69) is 0 Å². The van der Waals surface area contributed by atoms with Crippen LogP contribution in [0.5, 0.6) is 5.75 Å². The van der Waals surface area contributed by atoms with Crippen LogP contribution in [0.4, 0.5) is 4.39 Å². The first-order chi connectivity index (χ1) is 9.15. The largest absolute Gasteiger partial charge is 0.494 e. The average molecular weight is 304 g/mol. The molecule has 20 heavy (non-hydrogen) atoms. The Hall–Kier alpha value is -0.840. The van der Waals surface area contributed by atoms with E-state index < -0.39 is 18.0 Å². The number of rotatable bonds is 4. The van der Waals surface area contributed by atoms with Crippen LogP contribution in [0.15, 0.2) is 18.2 Å². The summed E-state index contributed by atoms with van der Waals surface area (Å²) in [5.41, 5.74) is 6.38. The van der Waals surface area contributed by atoms with Crippen molar-refractivity contribution in [2.24, 2.45) is 11.7 Å². The van der Waals surface area contributed by atoms with Crippen LogP contribution in [-0.2, 0) is 0 Å². The Balaban J connectivity index is 0.00000200. The maximum Gasteiger partial charge on any atom is 0.169 e. The minimum Gasteiger partial charge on any atom is -0.494 e. The molecule has 114 valence electrons. The molecule has 5 heteroatoms. The number of hydrogen-bond donors (Lipinski definition) is 2. The van der Waals surface area contributed by atoms with E-state index in [1.807, 2.05) is 0 Å². The number of methoxy groups -OCH3 is 1. The van der Waals surface area contributed by atoms with Gasteiger partial charge in [0.15, 0.2) is 11.6 Å². The molecular formula is C15H23ClFNO2. The van der Waals surface area contributed by atoms with Crippen molar-refractivity contribution in [3.05, 3.63) is 29.6 Å². The highest BCUT2D eigenvalue weighted by Gasteiger charge is 2.29. The lowest BCUT2D eigenvalue weighted by Gasteiger charge is -2.30. The Morgan fingerprint density at radius 1 is 1.30 bits per heavy atom. The maximum atomic E-state index is 14.1. The standard InChI is InChI=1S/C15H22FNO2.ClH/c1-19-12-9-5-8-11(13(12)16)14(17)15(18)10-6-3-2-4-7-10;/h5,8-10,14-15,18H,2-4,6-7,17H2,1H3;1H/t14-,15+;/m1./s1. The van der Waals surface area contributed by atoms with Crippen LogP contribution in [-0.4, -0.2) is 18.3 Å². The van der Waals surface area contributed by atoms with Crippen LogP contribution >= 0.6 is 12.4 Å². The highest BCUT2D eigenvalue weighted by molar-refractivity contribution is 5.85. The maximum absolute atomic E-state index is 14.1. The molecule has 0 amide bonds. The lowest BCUT2D eigenvalue weighted by molar-refractivity contribution is 0.0606. The fraction of sp³-hybridized carbons (Fsp3) is 0.600. The van der Waals surface area contributed by atoms with Crippen molar-refractivity contribution < 1.29 is 14.2 Å². The van der Waals surface area contributed by atoms with Gasteiger partial charge in [0.05, 0.1) is 19.3 Å². The molecule has 1 fully saturated rings. The van der Waals surface area contributed by atoms with Crippen molar-refractivity contribution in [3.63, 3.8) is 0 Å². The molecule has 0 heterocycles. The van der Waals surface area contributed by atoms with Gasteiger partial charge in [-0.05, 0) is 24.8 Å². The van der Waals surface area contributed by atoms with Crippen molar-refractivity contribution in [2.45, 2.75) is 44.2 Å². The number of benzene rings is 1. The molecule has 0 unspecified atom stereocenters. The second-order valence-corrected chi connectivity index (χ2v) is 5.28. The molecule has 1 saturated carbocycles. The molecule has 3 N–H and O–H groups in total. The summed E-state index contributed by atoms with van der Waals surface area (Å²) in [5, 5.41) is 10.4. The van der Waals surface area contributed by atoms with Crippen molar-refractivity contribution in [1.29, 1.82) is 0 Å². The first-order valence-electron chi connectivity index (χ1n) is 6.91. The fourth-order valence-electron chi connectivity index (χ4n) is 2.90. The molecule has 0 spiro atoms. The summed E-state index contributed by atoms with van der Waals surface area (Å²) >= 11 is 0. The highest BCUT2D eigenvalue weighted by atomic mass is 35.5. The van der Waals surface area contributed by atoms with E-state index >= 15 is 0 Å². The second kappa shape index (κ2) is 7.81. The number of ether oxygens (including phenoxy) is 1. The van der Waals surface area contributed by atoms with Crippen LogP contribution in [0.2, 0.25) is 0 Å². The van der Waals surface area contributed by atoms with Crippen LogP contribution < -0.4 is 10.5 Å². The van der Waals surface area contributed by atoms with Gasteiger partial charge in [0, 0.05) is 5.56 Å². The third-order valence-corrected chi connectivity index (χ3v) is 4.07. The van der Waals surface area contributed by atoms with Gasteiger partial charge < -0.3 is 15.6 Å². The van der Waals surface area contributed by atoms with E-state index in [0.717, 1.165) is 25.7 Å². The number of aliphatic hydroxyl groups excluding tert-OH is 1. The molecule has 2 atom stereocenters. The monoisotopic (exact) mass is 303 g/mol. The van der Waals surface area contributed by atoms with Crippen molar-refractivity contribution >= 4 is 12.4 Å². The van der Waals surface area contributed by atoms with Gasteiger partial charge in [-0.2, -0.15) is 0 Å². The summed E-state index contributed by atoms with van der Waals surface area (Å²) < 4.78 is 19.1. The summed E-state index contributed by atoms with van der Waals surface area (Å²) in [5.74, 6) is -0.120. The summed E-state index contributed by atoms with van der Waals surface area (Å²) in [6.07, 6.45) is 4.71. The number of aliphatic hydroxyl groups is 1. The predicted molar refractivity (Wildman–Crippen MR) is 79.7 cm³/mol. The normalized spacial score (nSPS) is 19.0. The summed E-state index contributed by atoms with van der Waals surface area (Å²) in [4.78, 5) is 0. The molecule has 2 rings (SSSR count). The van der Waals surface area contributed by atoms with Crippen LogP contribution in [0.25, 0.3) is 0 Å². The van der Waals surface area contributed by atoms with Crippen molar-refractivity contribution in [2.75, 3.05) is 7.11 Å². The summed E-state index contributed by atoms with van der Waals surface area (Å²) in [6.45, 7) is 0. The Morgan fingerprint density at radius 3 is 2.55 bits per heavy atom. The van der Waals surface area contributed by atoms with E-state index in [4.69, 9.17) is 10.5 Å². The average Bonchev–Trinajstić information content (AvgIpc) is 2.47. The lowest BCUT2D eigenvalue weighted by atomic mass is 9.81. The van der Waals surface area contributed by atoms with Gasteiger partial charge in [-0.15, -0.1) is 12.4 Å². The van der Waals surface area contributed by atoms with Gasteiger partial charge in [0.2, 0.25) is 0 Å². The Labute approximate surface area is 125 Å². The SMILES string of the molecule is COc1cccc([C@@H](N)[C@@H](O)C2CCCCC2)c1F.Cl. The van der Waals surface area contributed by atoms with Crippen molar-refractivity contribution in [1.82, 2.24) is 0 Å². The van der Waals surface area contributed by atoms with E-state index in [9.17, 15) is 9.50 Å². The molecule has 0 saturated heterocycles. The van der Waals surface area contributed by atoms with Gasteiger partial charge >= 0.3 is 0 Å². The lowest BCUT2D eigenvalue weighted by Crippen LogP contribution is -2.34. The van der Waals surface area contributed by atoms with Gasteiger partial charge in [-0.3, -0.25) is 0 Å². The summed E-state index contributed by atoms with van der Waals surface area (Å²) in [6, 6.07) is 4.18. The number of halogens is 2. The Morgan fingerprint density at radius 2 is 1.95 bits per heavy atom. The van der Waals surface area contributed by atoms with Crippen LogP contribution in [0.3, 0.4) is 0 Å².